The quantitative estimate of drug-likeness (QED) is 0.780. The standard InChI is InChI=1S/C18H27N3O3/c1-14(2)17(18(23)24)19-16(22)13-21-10-8-20(9-11-21)12-15-6-4-3-5-7-15/h3-7,14,17H,8-13H2,1-2H3,(H,19,22)(H,23,24)/t17-/m1/s1. The van der Waals surface area contributed by atoms with E-state index in [0.717, 1.165) is 32.7 Å². The molecule has 2 N–H and O–H groups in total. The molecular formula is C18H27N3O3. The Morgan fingerprint density at radius 1 is 1.08 bits per heavy atom. The molecule has 6 nitrogen and oxygen atoms in total. The van der Waals surface area contributed by atoms with E-state index in [1.165, 1.54) is 5.56 Å². The number of carboxylic acid groups (broad SMARTS) is 1. The summed E-state index contributed by atoms with van der Waals surface area (Å²) in [6.45, 7) is 8.23. The highest BCUT2D eigenvalue weighted by Crippen LogP contribution is 2.08. The van der Waals surface area contributed by atoms with Crippen LogP contribution in [0, 0.1) is 5.92 Å². The van der Waals surface area contributed by atoms with Gasteiger partial charge in [0.1, 0.15) is 6.04 Å². The van der Waals surface area contributed by atoms with Gasteiger partial charge in [0.05, 0.1) is 6.54 Å². The zero-order chi connectivity index (χ0) is 17.5. The van der Waals surface area contributed by atoms with Crippen molar-refractivity contribution in [3.8, 4) is 0 Å². The van der Waals surface area contributed by atoms with E-state index in [4.69, 9.17) is 5.11 Å². The number of nitrogens with one attached hydrogen (secondary N) is 1. The van der Waals surface area contributed by atoms with Crippen molar-refractivity contribution in [2.75, 3.05) is 32.7 Å². The maximum Gasteiger partial charge on any atom is 0.326 e. The van der Waals surface area contributed by atoms with Gasteiger partial charge in [0.2, 0.25) is 5.91 Å². The first-order chi connectivity index (χ1) is 11.5. The van der Waals surface area contributed by atoms with Gasteiger partial charge in [-0.3, -0.25) is 14.6 Å². The van der Waals surface area contributed by atoms with Crippen molar-refractivity contribution in [3.63, 3.8) is 0 Å². The topological polar surface area (TPSA) is 72.9 Å². The van der Waals surface area contributed by atoms with Crippen LogP contribution in [0.2, 0.25) is 0 Å². The Kier molecular flexibility index (Phi) is 6.75. The van der Waals surface area contributed by atoms with Crippen LogP contribution in [0.25, 0.3) is 0 Å². The fourth-order valence-electron chi connectivity index (χ4n) is 2.88. The summed E-state index contributed by atoms with van der Waals surface area (Å²) in [6.07, 6.45) is 0. The summed E-state index contributed by atoms with van der Waals surface area (Å²) in [6, 6.07) is 9.53. The number of hydrogen-bond acceptors (Lipinski definition) is 4. The third-order valence-corrected chi connectivity index (χ3v) is 4.33. The normalized spacial score (nSPS) is 17.6. The Labute approximate surface area is 143 Å². The Hall–Kier alpha value is -1.92. The molecule has 0 saturated carbocycles. The Morgan fingerprint density at radius 2 is 1.67 bits per heavy atom. The minimum atomic E-state index is -0.981. The fourth-order valence-corrected chi connectivity index (χ4v) is 2.88. The third kappa shape index (κ3) is 5.62. The zero-order valence-corrected chi connectivity index (χ0v) is 14.4. The number of nitrogens with zero attached hydrogens (tertiary/aromatic N) is 2. The molecule has 0 radical (unpaired) electrons. The largest absolute Gasteiger partial charge is 0.480 e. The smallest absolute Gasteiger partial charge is 0.326 e. The summed E-state index contributed by atoms with van der Waals surface area (Å²) in [5, 5.41) is 11.8. The second-order valence-corrected chi connectivity index (χ2v) is 6.67. The van der Waals surface area contributed by atoms with E-state index >= 15 is 0 Å². The lowest BCUT2D eigenvalue weighted by Gasteiger charge is -2.34. The van der Waals surface area contributed by atoms with Crippen LogP contribution < -0.4 is 5.32 Å². The number of carbonyl (C=O) groups excluding carboxylic acids is 1. The second kappa shape index (κ2) is 8.80. The van der Waals surface area contributed by atoms with Gasteiger partial charge in [-0.15, -0.1) is 0 Å². The molecule has 6 heteroatoms. The van der Waals surface area contributed by atoms with Crippen LogP contribution in [0.1, 0.15) is 19.4 Å². The van der Waals surface area contributed by atoms with Gasteiger partial charge in [-0.2, -0.15) is 0 Å². The van der Waals surface area contributed by atoms with Crippen LogP contribution in [-0.2, 0) is 16.1 Å². The average Bonchev–Trinajstić information content (AvgIpc) is 2.55. The first-order valence-corrected chi connectivity index (χ1v) is 8.46. The number of rotatable bonds is 7. The number of aliphatic carboxylic acids is 1. The number of carbonyl (C=O) groups is 2. The number of hydrogen-bond donors (Lipinski definition) is 2. The highest BCUT2D eigenvalue weighted by molar-refractivity contribution is 5.84. The molecule has 0 bridgehead atoms. The summed E-state index contributed by atoms with van der Waals surface area (Å²) >= 11 is 0. The molecule has 1 aromatic rings. The van der Waals surface area contributed by atoms with Gasteiger partial charge < -0.3 is 10.4 Å². The van der Waals surface area contributed by atoms with Crippen LogP contribution in [0.15, 0.2) is 30.3 Å². The van der Waals surface area contributed by atoms with E-state index in [0.29, 0.717) is 0 Å². The van der Waals surface area contributed by atoms with Crippen LogP contribution in [-0.4, -0.2) is 65.5 Å². The fraction of sp³-hybridized carbons (Fsp3) is 0.556. The van der Waals surface area contributed by atoms with Gasteiger partial charge in [-0.1, -0.05) is 44.2 Å². The molecule has 0 unspecified atom stereocenters. The predicted molar refractivity (Wildman–Crippen MR) is 92.6 cm³/mol. The molecular weight excluding hydrogens is 306 g/mol. The number of benzene rings is 1. The maximum absolute atomic E-state index is 12.1. The SMILES string of the molecule is CC(C)[C@@H](NC(=O)CN1CCN(Cc2ccccc2)CC1)C(=O)O. The van der Waals surface area contributed by atoms with Crippen molar-refractivity contribution >= 4 is 11.9 Å². The van der Waals surface area contributed by atoms with E-state index < -0.39 is 12.0 Å². The predicted octanol–water partition coefficient (Wildman–Crippen LogP) is 1.03. The van der Waals surface area contributed by atoms with E-state index in [1.54, 1.807) is 13.8 Å². The Bertz CT molecular complexity index is 540. The van der Waals surface area contributed by atoms with E-state index in [-0.39, 0.29) is 18.4 Å². The highest BCUT2D eigenvalue weighted by atomic mass is 16.4. The van der Waals surface area contributed by atoms with Gasteiger partial charge >= 0.3 is 5.97 Å². The van der Waals surface area contributed by atoms with Crippen molar-refractivity contribution in [3.05, 3.63) is 35.9 Å². The van der Waals surface area contributed by atoms with Gasteiger partial charge in [0.25, 0.3) is 0 Å². The van der Waals surface area contributed by atoms with Crippen molar-refractivity contribution in [1.29, 1.82) is 0 Å². The van der Waals surface area contributed by atoms with Gasteiger partial charge in [-0.05, 0) is 11.5 Å². The molecule has 1 aromatic carbocycles. The molecule has 0 spiro atoms. The monoisotopic (exact) mass is 333 g/mol. The number of piperazine rings is 1. The molecule has 132 valence electrons. The molecule has 1 saturated heterocycles. The maximum atomic E-state index is 12.1. The van der Waals surface area contributed by atoms with Crippen molar-refractivity contribution < 1.29 is 14.7 Å². The lowest BCUT2D eigenvalue weighted by molar-refractivity contribution is -0.143. The Balaban J connectivity index is 1.74. The van der Waals surface area contributed by atoms with Gasteiger partial charge in [-0.25, -0.2) is 4.79 Å². The van der Waals surface area contributed by atoms with Crippen molar-refractivity contribution in [1.82, 2.24) is 15.1 Å². The summed E-state index contributed by atoms with van der Waals surface area (Å²) < 4.78 is 0. The molecule has 0 aromatic heterocycles. The zero-order valence-electron chi connectivity index (χ0n) is 14.4. The molecule has 1 aliphatic heterocycles. The minimum absolute atomic E-state index is 0.130. The number of amides is 1. The minimum Gasteiger partial charge on any atom is -0.480 e. The van der Waals surface area contributed by atoms with Crippen LogP contribution in [0.3, 0.4) is 0 Å². The first kappa shape index (κ1) is 18.4. The lowest BCUT2D eigenvalue weighted by Crippen LogP contribution is -2.52. The highest BCUT2D eigenvalue weighted by Gasteiger charge is 2.25. The van der Waals surface area contributed by atoms with Crippen molar-refractivity contribution in [2.45, 2.75) is 26.4 Å². The first-order valence-electron chi connectivity index (χ1n) is 8.46. The molecule has 1 aliphatic rings. The van der Waals surface area contributed by atoms with Crippen LogP contribution >= 0.6 is 0 Å². The van der Waals surface area contributed by atoms with E-state index in [2.05, 4.69) is 27.2 Å². The summed E-state index contributed by atoms with van der Waals surface area (Å²) in [5.74, 6) is -1.33. The molecule has 2 rings (SSSR count). The Morgan fingerprint density at radius 3 is 2.21 bits per heavy atom. The lowest BCUT2D eigenvalue weighted by atomic mass is 10.0. The third-order valence-electron chi connectivity index (χ3n) is 4.33. The molecule has 0 aliphatic carbocycles. The molecule has 1 fully saturated rings. The second-order valence-electron chi connectivity index (χ2n) is 6.67. The summed E-state index contributed by atoms with van der Waals surface area (Å²) in [7, 11) is 0. The summed E-state index contributed by atoms with van der Waals surface area (Å²) in [4.78, 5) is 27.7. The average molecular weight is 333 g/mol. The molecule has 1 amide bonds. The molecule has 1 atom stereocenters. The van der Waals surface area contributed by atoms with E-state index in [9.17, 15) is 9.59 Å². The van der Waals surface area contributed by atoms with Crippen LogP contribution in [0.4, 0.5) is 0 Å². The van der Waals surface area contributed by atoms with E-state index in [1.807, 2.05) is 18.2 Å². The van der Waals surface area contributed by atoms with Gasteiger partial charge in [0, 0.05) is 32.7 Å². The van der Waals surface area contributed by atoms with Crippen molar-refractivity contribution in [2.24, 2.45) is 5.92 Å². The van der Waals surface area contributed by atoms with Gasteiger partial charge in [0.15, 0.2) is 0 Å². The molecule has 24 heavy (non-hydrogen) atoms. The number of carboxylic acids is 1. The molecule has 1 heterocycles. The summed E-state index contributed by atoms with van der Waals surface area (Å²) in [5.41, 5.74) is 1.30. The van der Waals surface area contributed by atoms with Crippen LogP contribution in [0.5, 0.6) is 0 Å².